The summed E-state index contributed by atoms with van der Waals surface area (Å²) >= 11 is 5.78. The third-order valence-electron chi connectivity index (χ3n) is 3.46. The molecular weight excluding hydrogens is 314 g/mol. The Morgan fingerprint density at radius 3 is 2.59 bits per heavy atom. The van der Waals surface area contributed by atoms with Crippen molar-refractivity contribution in [3.8, 4) is 0 Å². The Morgan fingerprint density at radius 2 is 1.91 bits per heavy atom. The van der Waals surface area contributed by atoms with Crippen LogP contribution in [0.25, 0.3) is 0 Å². The lowest BCUT2D eigenvalue weighted by Gasteiger charge is -2.08. The number of hydrogen-bond acceptors (Lipinski definition) is 4. The van der Waals surface area contributed by atoms with E-state index < -0.39 is 23.5 Å². The van der Waals surface area contributed by atoms with Gasteiger partial charge < -0.3 is 0 Å². The molecule has 2 atom stereocenters. The van der Waals surface area contributed by atoms with Crippen molar-refractivity contribution in [2.45, 2.75) is 12.3 Å². The number of rotatable bonds is 4. The second-order valence-corrected chi connectivity index (χ2v) is 5.25. The van der Waals surface area contributed by atoms with Crippen molar-refractivity contribution in [1.29, 1.82) is 0 Å². The zero-order valence-electron chi connectivity index (χ0n) is 11.2. The lowest BCUT2D eigenvalue weighted by atomic mass is 10.1. The van der Waals surface area contributed by atoms with E-state index in [0.717, 1.165) is 0 Å². The Morgan fingerprint density at radius 1 is 1.23 bits per heavy atom. The molecule has 22 heavy (non-hydrogen) atoms. The number of aromatic nitrogens is 2. The predicted molar refractivity (Wildman–Crippen MR) is 76.0 cm³/mol. The van der Waals surface area contributed by atoms with Gasteiger partial charge in [-0.3, -0.25) is 15.6 Å². The molecule has 2 N–H and O–H groups in total. The van der Waals surface area contributed by atoms with Crippen LogP contribution in [0.15, 0.2) is 30.6 Å². The highest BCUT2D eigenvalue weighted by molar-refractivity contribution is 6.31. The van der Waals surface area contributed by atoms with Crippen molar-refractivity contribution in [3.63, 3.8) is 0 Å². The maximum absolute atomic E-state index is 13.7. The highest BCUT2D eigenvalue weighted by atomic mass is 35.5. The van der Waals surface area contributed by atoms with E-state index >= 15 is 0 Å². The van der Waals surface area contributed by atoms with Crippen LogP contribution in [0.1, 0.15) is 17.9 Å². The van der Waals surface area contributed by atoms with Crippen molar-refractivity contribution in [3.05, 3.63) is 52.9 Å². The van der Waals surface area contributed by atoms with Crippen LogP contribution >= 0.6 is 11.6 Å². The molecule has 1 amide bonds. The minimum atomic E-state index is -0.634. The molecule has 0 saturated heterocycles. The fourth-order valence-electron chi connectivity index (χ4n) is 2.29. The van der Waals surface area contributed by atoms with Gasteiger partial charge in [-0.1, -0.05) is 17.7 Å². The fraction of sp³-hybridized carbons (Fsp3) is 0.214. The smallest absolute Gasteiger partial charge is 0.242 e. The molecule has 1 aromatic heterocycles. The van der Waals surface area contributed by atoms with Crippen molar-refractivity contribution in [2.24, 2.45) is 5.92 Å². The molecule has 0 bridgehead atoms. The molecule has 1 aromatic carbocycles. The Kier molecular flexibility index (Phi) is 3.89. The van der Waals surface area contributed by atoms with Gasteiger partial charge in [-0.05, 0) is 18.6 Å². The van der Waals surface area contributed by atoms with Gasteiger partial charge in [0.25, 0.3) is 0 Å². The van der Waals surface area contributed by atoms with Gasteiger partial charge in [-0.2, -0.15) is 0 Å². The van der Waals surface area contributed by atoms with Gasteiger partial charge >= 0.3 is 0 Å². The number of nitrogens with one attached hydrogen (secondary N) is 2. The van der Waals surface area contributed by atoms with E-state index in [1.165, 1.54) is 30.6 Å². The van der Waals surface area contributed by atoms with Crippen molar-refractivity contribution in [2.75, 3.05) is 5.43 Å². The SMILES string of the molecule is O=C(NNc1nccnc1Cl)[C@@H]1C[C@@H]1c1c(F)cccc1F. The van der Waals surface area contributed by atoms with Crippen LogP contribution in [0.5, 0.6) is 0 Å². The van der Waals surface area contributed by atoms with Crippen molar-refractivity contribution >= 4 is 23.3 Å². The number of hydrazine groups is 1. The third kappa shape index (κ3) is 2.85. The maximum Gasteiger partial charge on any atom is 0.242 e. The second kappa shape index (κ2) is 5.84. The van der Waals surface area contributed by atoms with Gasteiger partial charge in [-0.15, -0.1) is 0 Å². The lowest BCUT2D eigenvalue weighted by molar-refractivity contribution is -0.121. The quantitative estimate of drug-likeness (QED) is 0.849. The van der Waals surface area contributed by atoms with E-state index in [-0.39, 0.29) is 22.4 Å². The highest BCUT2D eigenvalue weighted by Crippen LogP contribution is 2.49. The van der Waals surface area contributed by atoms with Crippen LogP contribution in [0.4, 0.5) is 14.6 Å². The van der Waals surface area contributed by atoms with Gasteiger partial charge in [0.1, 0.15) is 11.6 Å². The van der Waals surface area contributed by atoms with Crippen LogP contribution in [0, 0.1) is 17.6 Å². The lowest BCUT2D eigenvalue weighted by Crippen LogP contribution is -2.31. The van der Waals surface area contributed by atoms with E-state index in [0.29, 0.717) is 6.42 Å². The van der Waals surface area contributed by atoms with E-state index in [1.807, 2.05) is 0 Å². The highest BCUT2D eigenvalue weighted by Gasteiger charge is 2.46. The van der Waals surface area contributed by atoms with Crippen LogP contribution < -0.4 is 10.9 Å². The molecule has 8 heteroatoms. The van der Waals surface area contributed by atoms with Gasteiger partial charge in [0.15, 0.2) is 11.0 Å². The number of amides is 1. The molecule has 1 aliphatic rings. The summed E-state index contributed by atoms with van der Waals surface area (Å²) < 4.78 is 27.3. The molecule has 5 nitrogen and oxygen atoms in total. The first kappa shape index (κ1) is 14.6. The number of benzene rings is 1. The van der Waals surface area contributed by atoms with Gasteiger partial charge in [0, 0.05) is 29.8 Å². The molecule has 114 valence electrons. The number of hydrogen-bond donors (Lipinski definition) is 2. The van der Waals surface area contributed by atoms with E-state index in [1.54, 1.807) is 0 Å². The normalized spacial score (nSPS) is 19.6. The first-order valence-electron chi connectivity index (χ1n) is 6.54. The Labute approximate surface area is 129 Å². The van der Waals surface area contributed by atoms with E-state index in [4.69, 9.17) is 11.6 Å². The summed E-state index contributed by atoms with van der Waals surface area (Å²) in [6.45, 7) is 0. The summed E-state index contributed by atoms with van der Waals surface area (Å²) in [5, 5.41) is 0.107. The number of carbonyl (C=O) groups is 1. The minimum absolute atomic E-state index is 0.0415. The van der Waals surface area contributed by atoms with Gasteiger partial charge in [-0.25, -0.2) is 18.7 Å². The average molecular weight is 325 g/mol. The number of carbonyl (C=O) groups excluding carboxylic acids is 1. The zero-order chi connectivity index (χ0) is 15.7. The molecule has 2 aromatic rings. The zero-order valence-corrected chi connectivity index (χ0v) is 11.9. The number of anilines is 1. The largest absolute Gasteiger partial charge is 0.279 e. The molecule has 0 aliphatic heterocycles. The summed E-state index contributed by atoms with van der Waals surface area (Å²) in [7, 11) is 0. The molecule has 0 unspecified atom stereocenters. The molecule has 0 spiro atoms. The molecule has 1 fully saturated rings. The summed E-state index contributed by atoms with van der Waals surface area (Å²) in [6.07, 6.45) is 3.21. The third-order valence-corrected chi connectivity index (χ3v) is 3.73. The second-order valence-electron chi connectivity index (χ2n) is 4.89. The number of halogens is 3. The summed E-state index contributed by atoms with van der Waals surface area (Å²) in [6, 6.07) is 3.66. The summed E-state index contributed by atoms with van der Waals surface area (Å²) in [5.41, 5.74) is 4.92. The van der Waals surface area contributed by atoms with Crippen LogP contribution in [-0.2, 0) is 4.79 Å². The Balaban J connectivity index is 1.63. The maximum atomic E-state index is 13.7. The Bertz CT molecular complexity index is 707. The molecular formula is C14H11ClF2N4O. The standard InChI is InChI=1S/C14H11ClF2N4O/c15-12-13(19-5-4-18-12)20-21-14(22)8-6-7(8)11-9(16)2-1-3-10(11)17/h1-5,7-8H,6H2,(H,19,20)(H,21,22)/t7-,8+/m0/s1. The van der Waals surface area contributed by atoms with E-state index in [9.17, 15) is 13.6 Å². The molecule has 1 aliphatic carbocycles. The summed E-state index contributed by atoms with van der Waals surface area (Å²) in [5.74, 6) is -2.40. The number of nitrogens with zero attached hydrogens (tertiary/aromatic N) is 2. The predicted octanol–water partition coefficient (Wildman–Crippen LogP) is 2.66. The monoisotopic (exact) mass is 324 g/mol. The topological polar surface area (TPSA) is 66.9 Å². The summed E-state index contributed by atoms with van der Waals surface area (Å²) in [4.78, 5) is 19.7. The van der Waals surface area contributed by atoms with Crippen LogP contribution in [0.3, 0.4) is 0 Å². The van der Waals surface area contributed by atoms with E-state index in [2.05, 4.69) is 20.8 Å². The average Bonchev–Trinajstić information content (AvgIpc) is 3.26. The van der Waals surface area contributed by atoms with Crippen LogP contribution in [-0.4, -0.2) is 15.9 Å². The van der Waals surface area contributed by atoms with Crippen molar-refractivity contribution < 1.29 is 13.6 Å². The van der Waals surface area contributed by atoms with Crippen LogP contribution in [0.2, 0.25) is 5.15 Å². The fourth-order valence-corrected chi connectivity index (χ4v) is 2.44. The minimum Gasteiger partial charge on any atom is -0.279 e. The molecule has 0 radical (unpaired) electrons. The molecule has 1 saturated carbocycles. The molecule has 1 heterocycles. The van der Waals surface area contributed by atoms with Crippen molar-refractivity contribution in [1.82, 2.24) is 15.4 Å². The van der Waals surface area contributed by atoms with Gasteiger partial charge in [0.2, 0.25) is 5.91 Å². The first-order valence-corrected chi connectivity index (χ1v) is 6.92. The first-order chi connectivity index (χ1) is 10.6. The molecule has 3 rings (SSSR count). The van der Waals surface area contributed by atoms with Gasteiger partial charge in [0.05, 0.1) is 0 Å². The Hall–Kier alpha value is -2.28.